The first-order valence-corrected chi connectivity index (χ1v) is 11.0. The van der Waals surface area contributed by atoms with Gasteiger partial charge >= 0.3 is 5.97 Å². The van der Waals surface area contributed by atoms with E-state index in [-0.39, 0.29) is 5.91 Å². The van der Waals surface area contributed by atoms with Gasteiger partial charge in [-0.15, -0.1) is 0 Å². The summed E-state index contributed by atoms with van der Waals surface area (Å²) < 4.78 is 0. The van der Waals surface area contributed by atoms with Crippen LogP contribution in [0.2, 0.25) is 0 Å². The second kappa shape index (κ2) is 7.48. The molecule has 0 spiro atoms. The van der Waals surface area contributed by atoms with Crippen molar-refractivity contribution in [1.29, 1.82) is 0 Å². The third-order valence-corrected chi connectivity index (χ3v) is 7.15. The second-order valence-electron chi connectivity index (χ2n) is 8.93. The maximum Gasteiger partial charge on any atom is 0.308 e. The lowest BCUT2D eigenvalue weighted by molar-refractivity contribution is -0.143. The number of amides is 1. The summed E-state index contributed by atoms with van der Waals surface area (Å²) in [6, 6.07) is 6.62. The van der Waals surface area contributed by atoms with Crippen LogP contribution in [0.3, 0.4) is 0 Å². The van der Waals surface area contributed by atoms with Crippen molar-refractivity contribution in [3.63, 3.8) is 0 Å². The lowest BCUT2D eigenvalue weighted by Crippen LogP contribution is -2.42. The minimum absolute atomic E-state index is 0.0451. The number of hydrogen-bond donors (Lipinski definition) is 2. The number of likely N-dealkylation sites (tertiary alicyclic amines) is 1. The molecule has 5 rings (SSSR count). The van der Waals surface area contributed by atoms with E-state index in [1.165, 1.54) is 36.9 Å². The normalized spacial score (nSPS) is 23.4. The average molecular weight is 396 g/mol. The van der Waals surface area contributed by atoms with E-state index >= 15 is 0 Å². The topological polar surface area (TPSA) is 76.6 Å². The molecule has 0 radical (unpaired) electrons. The molecule has 1 saturated heterocycles. The molecule has 1 aliphatic carbocycles. The second-order valence-corrected chi connectivity index (χ2v) is 8.93. The fraction of sp³-hybridized carbons (Fsp3) is 0.565. The quantitative estimate of drug-likeness (QED) is 0.835. The standard InChI is InChI=1S/C23H29N3O3/c27-22(26-10-3-4-16(13-26)23(28)29)15-7-8-20-18(12-15)19-14-25(11-9-21(19)24-20)17-5-1-2-6-17/h7-8,12,16-17,24H,1-6,9-11,13-14H2,(H,28,29)/t16-/m0/s1. The van der Waals surface area contributed by atoms with Crippen molar-refractivity contribution in [3.8, 4) is 0 Å². The van der Waals surface area contributed by atoms with Crippen molar-refractivity contribution in [2.75, 3.05) is 19.6 Å². The molecule has 3 aliphatic rings. The molecule has 6 nitrogen and oxygen atoms in total. The highest BCUT2D eigenvalue weighted by atomic mass is 16.4. The molecule has 1 aromatic heterocycles. The largest absolute Gasteiger partial charge is 0.481 e. The van der Waals surface area contributed by atoms with Crippen LogP contribution in [0.15, 0.2) is 18.2 Å². The van der Waals surface area contributed by atoms with Gasteiger partial charge in [-0.05, 0) is 49.4 Å². The summed E-state index contributed by atoms with van der Waals surface area (Å²) >= 11 is 0. The lowest BCUT2D eigenvalue weighted by Gasteiger charge is -2.32. The Kier molecular flexibility index (Phi) is 4.82. The summed E-state index contributed by atoms with van der Waals surface area (Å²) in [6.45, 7) is 3.03. The number of aromatic amines is 1. The summed E-state index contributed by atoms with van der Waals surface area (Å²) in [6.07, 6.45) is 7.74. The van der Waals surface area contributed by atoms with E-state index in [0.717, 1.165) is 36.8 Å². The number of carbonyl (C=O) groups is 2. The van der Waals surface area contributed by atoms with E-state index < -0.39 is 11.9 Å². The van der Waals surface area contributed by atoms with Crippen LogP contribution >= 0.6 is 0 Å². The molecular weight excluding hydrogens is 366 g/mol. The number of rotatable bonds is 3. The summed E-state index contributed by atoms with van der Waals surface area (Å²) in [5.74, 6) is -1.29. The fourth-order valence-corrected chi connectivity index (χ4v) is 5.49. The van der Waals surface area contributed by atoms with Gasteiger partial charge in [0.15, 0.2) is 0 Å². The van der Waals surface area contributed by atoms with Crippen molar-refractivity contribution in [2.24, 2.45) is 5.92 Å². The Morgan fingerprint density at radius 2 is 1.90 bits per heavy atom. The first kappa shape index (κ1) is 18.7. The molecule has 154 valence electrons. The number of nitrogens with one attached hydrogen (secondary N) is 1. The zero-order chi connectivity index (χ0) is 20.0. The molecule has 0 unspecified atom stereocenters. The van der Waals surface area contributed by atoms with Gasteiger partial charge in [0.1, 0.15) is 0 Å². The summed E-state index contributed by atoms with van der Waals surface area (Å²) in [5.41, 5.74) is 4.42. The Morgan fingerprint density at radius 3 is 2.69 bits per heavy atom. The molecule has 6 heteroatoms. The molecule has 1 aromatic carbocycles. The van der Waals surface area contributed by atoms with Gasteiger partial charge in [0.2, 0.25) is 0 Å². The number of aliphatic carboxylic acids is 1. The van der Waals surface area contributed by atoms with Gasteiger partial charge < -0.3 is 15.0 Å². The van der Waals surface area contributed by atoms with Crippen LogP contribution in [-0.2, 0) is 17.8 Å². The third kappa shape index (κ3) is 3.44. The molecule has 29 heavy (non-hydrogen) atoms. The van der Waals surface area contributed by atoms with Crippen molar-refractivity contribution >= 4 is 22.8 Å². The number of benzene rings is 1. The molecule has 3 heterocycles. The minimum atomic E-state index is -0.801. The van der Waals surface area contributed by atoms with Crippen LogP contribution in [0.4, 0.5) is 0 Å². The van der Waals surface area contributed by atoms with Gasteiger partial charge in [-0.2, -0.15) is 0 Å². The predicted molar refractivity (Wildman–Crippen MR) is 111 cm³/mol. The number of hydrogen-bond acceptors (Lipinski definition) is 3. The SMILES string of the molecule is O=C(O)[C@H]1CCCN(C(=O)c2ccc3[nH]c4c(c3c2)CN(C2CCCC2)CC4)C1. The first-order chi connectivity index (χ1) is 14.1. The molecule has 1 amide bonds. The minimum Gasteiger partial charge on any atom is -0.481 e. The predicted octanol–water partition coefficient (Wildman–Crippen LogP) is 3.41. The summed E-state index contributed by atoms with van der Waals surface area (Å²) in [5, 5.41) is 10.5. The molecular formula is C23H29N3O3. The highest BCUT2D eigenvalue weighted by Gasteiger charge is 2.30. The number of piperidine rings is 1. The molecule has 0 bridgehead atoms. The number of H-pyrrole nitrogens is 1. The lowest BCUT2D eigenvalue weighted by atomic mass is 9.97. The van der Waals surface area contributed by atoms with E-state index in [0.29, 0.717) is 31.1 Å². The van der Waals surface area contributed by atoms with Crippen molar-refractivity contribution in [1.82, 2.24) is 14.8 Å². The Morgan fingerprint density at radius 1 is 1.07 bits per heavy atom. The monoisotopic (exact) mass is 395 g/mol. The van der Waals surface area contributed by atoms with Gasteiger partial charge in [-0.3, -0.25) is 14.5 Å². The van der Waals surface area contributed by atoms with Crippen molar-refractivity contribution < 1.29 is 14.7 Å². The Balaban J connectivity index is 1.41. The number of carboxylic acid groups (broad SMARTS) is 1. The van der Waals surface area contributed by atoms with Gasteiger partial charge in [-0.1, -0.05) is 12.8 Å². The maximum absolute atomic E-state index is 13.1. The van der Waals surface area contributed by atoms with Gasteiger partial charge in [-0.25, -0.2) is 0 Å². The van der Waals surface area contributed by atoms with E-state index in [2.05, 4.69) is 9.88 Å². The average Bonchev–Trinajstić information content (AvgIpc) is 3.40. The molecule has 2 fully saturated rings. The van der Waals surface area contributed by atoms with E-state index in [1.54, 1.807) is 4.90 Å². The van der Waals surface area contributed by atoms with Gasteiger partial charge in [0, 0.05) is 60.8 Å². The molecule has 1 atom stereocenters. The van der Waals surface area contributed by atoms with Crippen LogP contribution in [0, 0.1) is 5.92 Å². The number of carbonyl (C=O) groups excluding carboxylic acids is 1. The van der Waals surface area contributed by atoms with E-state index in [4.69, 9.17) is 0 Å². The zero-order valence-corrected chi connectivity index (χ0v) is 16.8. The Hall–Kier alpha value is -2.34. The number of nitrogens with zero attached hydrogens (tertiary/aromatic N) is 2. The molecule has 1 saturated carbocycles. The van der Waals surface area contributed by atoms with E-state index in [9.17, 15) is 14.7 Å². The van der Waals surface area contributed by atoms with Crippen molar-refractivity contribution in [2.45, 2.75) is 57.5 Å². The Labute approximate surface area is 170 Å². The smallest absolute Gasteiger partial charge is 0.308 e. The number of fused-ring (bicyclic) bond motifs is 3. The summed E-state index contributed by atoms with van der Waals surface area (Å²) in [7, 11) is 0. The highest BCUT2D eigenvalue weighted by Crippen LogP contribution is 2.33. The van der Waals surface area contributed by atoms with Crippen LogP contribution < -0.4 is 0 Å². The number of carboxylic acids is 1. The summed E-state index contributed by atoms with van der Waals surface area (Å²) in [4.78, 5) is 32.3. The zero-order valence-electron chi connectivity index (χ0n) is 16.8. The number of aromatic nitrogens is 1. The van der Waals surface area contributed by atoms with Gasteiger partial charge in [0.25, 0.3) is 5.91 Å². The first-order valence-electron chi connectivity index (χ1n) is 11.0. The van der Waals surface area contributed by atoms with Gasteiger partial charge in [0.05, 0.1) is 5.92 Å². The molecule has 2 N–H and O–H groups in total. The fourth-order valence-electron chi connectivity index (χ4n) is 5.49. The van der Waals surface area contributed by atoms with E-state index in [1.807, 2.05) is 18.2 Å². The molecule has 2 aromatic rings. The molecule has 2 aliphatic heterocycles. The van der Waals surface area contributed by atoms with Crippen molar-refractivity contribution in [3.05, 3.63) is 35.0 Å². The van der Waals surface area contributed by atoms with Crippen LogP contribution in [-0.4, -0.2) is 57.4 Å². The van der Waals surface area contributed by atoms with Crippen LogP contribution in [0.5, 0.6) is 0 Å². The highest BCUT2D eigenvalue weighted by molar-refractivity contribution is 5.99. The maximum atomic E-state index is 13.1. The van der Waals surface area contributed by atoms with Crippen LogP contribution in [0.25, 0.3) is 10.9 Å². The Bertz CT molecular complexity index is 944. The third-order valence-electron chi connectivity index (χ3n) is 7.15. The van der Waals surface area contributed by atoms with Crippen LogP contribution in [0.1, 0.15) is 60.1 Å².